The molecule has 1 N–H and O–H groups in total. The maximum atomic E-state index is 12.0. The summed E-state index contributed by atoms with van der Waals surface area (Å²) in [5.74, 6) is 2.04. The molecule has 0 aromatic rings. The molecule has 0 spiro atoms. The first-order valence-electron chi connectivity index (χ1n) is 7.79. The number of hydrogen-bond acceptors (Lipinski definition) is 1. The summed E-state index contributed by atoms with van der Waals surface area (Å²) in [4.78, 5) is 12.0. The summed E-state index contributed by atoms with van der Waals surface area (Å²) in [7, 11) is 0. The van der Waals surface area contributed by atoms with Crippen LogP contribution in [0.5, 0.6) is 0 Å². The van der Waals surface area contributed by atoms with Crippen molar-refractivity contribution in [3.63, 3.8) is 0 Å². The Bertz CT molecular complexity index is 264. The predicted molar refractivity (Wildman–Crippen MR) is 82.5 cm³/mol. The van der Waals surface area contributed by atoms with Crippen LogP contribution in [0.15, 0.2) is 0 Å². The number of halogens is 1. The van der Waals surface area contributed by atoms with Gasteiger partial charge >= 0.3 is 0 Å². The Balaban J connectivity index is 2.18. The molecule has 0 saturated heterocycles. The van der Waals surface area contributed by atoms with Gasteiger partial charge in [0.25, 0.3) is 0 Å². The number of unbranched alkanes of at least 4 members (excludes halogenated alkanes) is 2. The molecule has 0 atom stereocenters. The predicted octanol–water partition coefficient (Wildman–Crippen LogP) is 4.36. The minimum atomic E-state index is 0.256. The molecule has 2 nitrogen and oxygen atoms in total. The summed E-state index contributed by atoms with van der Waals surface area (Å²) < 4.78 is 0. The molecule has 0 heterocycles. The first-order chi connectivity index (χ1) is 8.95. The second kappa shape index (κ2) is 8.14. The molecule has 0 unspecified atom stereocenters. The number of amides is 1. The minimum absolute atomic E-state index is 0.256. The van der Waals surface area contributed by atoms with E-state index in [0.29, 0.717) is 5.41 Å². The highest BCUT2D eigenvalue weighted by molar-refractivity contribution is 6.17. The molecular formula is C16H30ClNO. The van der Waals surface area contributed by atoms with Crippen molar-refractivity contribution in [2.75, 3.05) is 12.4 Å². The second-order valence-corrected chi connectivity index (χ2v) is 7.33. The van der Waals surface area contributed by atoms with Crippen molar-refractivity contribution in [1.29, 1.82) is 0 Å². The molecule has 1 fully saturated rings. The van der Waals surface area contributed by atoms with Gasteiger partial charge in [-0.2, -0.15) is 0 Å². The van der Waals surface area contributed by atoms with E-state index in [1.54, 1.807) is 0 Å². The SMILES string of the molecule is CC(C)(C)C1CCC(C(=O)NCCCCCCl)CC1. The molecule has 0 bridgehead atoms. The first-order valence-corrected chi connectivity index (χ1v) is 8.32. The molecule has 1 saturated carbocycles. The fraction of sp³-hybridized carbons (Fsp3) is 0.938. The Kier molecular flexibility index (Phi) is 7.20. The van der Waals surface area contributed by atoms with Gasteiger partial charge in [-0.15, -0.1) is 11.6 Å². The fourth-order valence-electron chi connectivity index (χ4n) is 2.97. The molecule has 0 aromatic heterocycles. The molecule has 0 aliphatic heterocycles. The lowest BCUT2D eigenvalue weighted by Crippen LogP contribution is -2.35. The zero-order valence-corrected chi connectivity index (χ0v) is 13.6. The summed E-state index contributed by atoms with van der Waals surface area (Å²) in [6.07, 6.45) is 7.75. The molecule has 1 aliphatic carbocycles. The van der Waals surface area contributed by atoms with E-state index < -0.39 is 0 Å². The Morgan fingerprint density at radius 3 is 2.26 bits per heavy atom. The van der Waals surface area contributed by atoms with Gasteiger partial charge in [0.15, 0.2) is 0 Å². The molecule has 0 aromatic carbocycles. The van der Waals surface area contributed by atoms with Crippen LogP contribution >= 0.6 is 11.6 Å². The molecular weight excluding hydrogens is 258 g/mol. The van der Waals surface area contributed by atoms with Gasteiger partial charge in [-0.05, 0) is 49.9 Å². The van der Waals surface area contributed by atoms with Crippen LogP contribution in [0.25, 0.3) is 0 Å². The maximum Gasteiger partial charge on any atom is 0.223 e. The average Bonchev–Trinajstić information content (AvgIpc) is 2.37. The average molecular weight is 288 g/mol. The van der Waals surface area contributed by atoms with E-state index in [4.69, 9.17) is 11.6 Å². The summed E-state index contributed by atoms with van der Waals surface area (Å²) in [6.45, 7) is 7.76. The largest absolute Gasteiger partial charge is 0.356 e. The van der Waals surface area contributed by atoms with Crippen molar-refractivity contribution in [1.82, 2.24) is 5.32 Å². The van der Waals surface area contributed by atoms with Crippen LogP contribution < -0.4 is 5.32 Å². The number of carbonyl (C=O) groups is 1. The van der Waals surface area contributed by atoms with Crippen LogP contribution in [0.3, 0.4) is 0 Å². The molecule has 3 heteroatoms. The lowest BCUT2D eigenvalue weighted by atomic mass is 9.69. The summed E-state index contributed by atoms with van der Waals surface area (Å²) in [6, 6.07) is 0. The standard InChI is InChI=1S/C16H30ClNO/c1-16(2,3)14-9-7-13(8-10-14)15(19)18-12-6-4-5-11-17/h13-14H,4-12H2,1-3H3,(H,18,19). The van der Waals surface area contributed by atoms with E-state index in [1.807, 2.05) is 0 Å². The third-order valence-electron chi connectivity index (χ3n) is 4.43. The van der Waals surface area contributed by atoms with Gasteiger partial charge in [0, 0.05) is 18.3 Å². The monoisotopic (exact) mass is 287 g/mol. The number of rotatable bonds is 6. The molecule has 1 aliphatic rings. The Hall–Kier alpha value is -0.240. The van der Waals surface area contributed by atoms with Gasteiger partial charge in [-0.25, -0.2) is 0 Å². The summed E-state index contributed by atoms with van der Waals surface area (Å²) in [5, 5.41) is 3.08. The second-order valence-electron chi connectivity index (χ2n) is 6.96. The van der Waals surface area contributed by atoms with E-state index in [0.717, 1.165) is 50.4 Å². The van der Waals surface area contributed by atoms with Crippen molar-refractivity contribution >= 4 is 17.5 Å². The molecule has 19 heavy (non-hydrogen) atoms. The van der Waals surface area contributed by atoms with Gasteiger partial charge in [0.2, 0.25) is 5.91 Å². The zero-order chi connectivity index (χ0) is 14.3. The smallest absolute Gasteiger partial charge is 0.223 e. The van der Waals surface area contributed by atoms with E-state index in [1.165, 1.54) is 12.8 Å². The number of carbonyl (C=O) groups excluding carboxylic acids is 1. The molecule has 1 amide bonds. The Morgan fingerprint density at radius 2 is 1.74 bits per heavy atom. The zero-order valence-electron chi connectivity index (χ0n) is 12.8. The van der Waals surface area contributed by atoms with Crippen LogP contribution in [0.1, 0.15) is 65.7 Å². The first kappa shape index (κ1) is 16.8. The topological polar surface area (TPSA) is 29.1 Å². The van der Waals surface area contributed by atoms with Gasteiger partial charge in [0.1, 0.15) is 0 Å². The highest BCUT2D eigenvalue weighted by Crippen LogP contribution is 2.39. The number of nitrogens with one attached hydrogen (secondary N) is 1. The van der Waals surface area contributed by atoms with Crippen molar-refractivity contribution in [3.8, 4) is 0 Å². The summed E-state index contributed by atoms with van der Waals surface area (Å²) >= 11 is 5.63. The molecule has 1 rings (SSSR count). The van der Waals surface area contributed by atoms with E-state index in [-0.39, 0.29) is 11.8 Å². The number of alkyl halides is 1. The van der Waals surface area contributed by atoms with Crippen LogP contribution in [0, 0.1) is 17.3 Å². The lowest BCUT2D eigenvalue weighted by Gasteiger charge is -2.36. The van der Waals surface area contributed by atoms with E-state index in [2.05, 4.69) is 26.1 Å². The highest BCUT2D eigenvalue weighted by atomic mass is 35.5. The van der Waals surface area contributed by atoms with E-state index in [9.17, 15) is 4.79 Å². The third-order valence-corrected chi connectivity index (χ3v) is 4.70. The highest BCUT2D eigenvalue weighted by Gasteiger charge is 2.32. The van der Waals surface area contributed by atoms with Crippen molar-refractivity contribution < 1.29 is 4.79 Å². The van der Waals surface area contributed by atoms with E-state index >= 15 is 0 Å². The molecule has 0 radical (unpaired) electrons. The third kappa shape index (κ3) is 6.16. The van der Waals surface area contributed by atoms with Gasteiger partial charge in [0.05, 0.1) is 0 Å². The minimum Gasteiger partial charge on any atom is -0.356 e. The van der Waals surface area contributed by atoms with Crippen LogP contribution in [0.4, 0.5) is 0 Å². The van der Waals surface area contributed by atoms with Crippen molar-refractivity contribution in [3.05, 3.63) is 0 Å². The van der Waals surface area contributed by atoms with Gasteiger partial charge < -0.3 is 5.32 Å². The summed E-state index contributed by atoms with van der Waals surface area (Å²) in [5.41, 5.74) is 0.392. The maximum absolute atomic E-state index is 12.0. The van der Waals surface area contributed by atoms with Crippen LogP contribution in [-0.4, -0.2) is 18.3 Å². The normalized spacial score (nSPS) is 24.2. The fourth-order valence-corrected chi connectivity index (χ4v) is 3.16. The van der Waals surface area contributed by atoms with Gasteiger partial charge in [-0.1, -0.05) is 27.2 Å². The molecule has 112 valence electrons. The van der Waals surface area contributed by atoms with Crippen molar-refractivity contribution in [2.24, 2.45) is 17.3 Å². The van der Waals surface area contributed by atoms with Gasteiger partial charge in [-0.3, -0.25) is 4.79 Å². The number of hydrogen-bond donors (Lipinski definition) is 1. The van der Waals surface area contributed by atoms with Crippen LogP contribution in [-0.2, 0) is 4.79 Å². The Labute approximate surface area is 123 Å². The van der Waals surface area contributed by atoms with Crippen molar-refractivity contribution in [2.45, 2.75) is 65.7 Å². The lowest BCUT2D eigenvalue weighted by molar-refractivity contribution is -0.126. The Morgan fingerprint density at radius 1 is 1.11 bits per heavy atom. The quantitative estimate of drug-likeness (QED) is 0.571. The van der Waals surface area contributed by atoms with Crippen LogP contribution in [0.2, 0.25) is 0 Å².